The number of halogens is 3. The van der Waals surface area contributed by atoms with Gasteiger partial charge < -0.3 is 52.1 Å². The van der Waals surface area contributed by atoms with E-state index >= 15 is 0 Å². The number of anilines is 2. The van der Waals surface area contributed by atoms with Crippen LogP contribution in [-0.4, -0.2) is 71.9 Å². The zero-order valence-electron chi connectivity index (χ0n) is 51.3. The summed E-state index contributed by atoms with van der Waals surface area (Å²) in [6, 6.07) is 44.2. The maximum Gasteiger partial charge on any atom is 0.534 e. The third-order valence-electron chi connectivity index (χ3n) is 13.5. The van der Waals surface area contributed by atoms with Crippen molar-refractivity contribution in [1.82, 2.24) is 0 Å². The lowest BCUT2D eigenvalue weighted by Gasteiger charge is -2.22. The Morgan fingerprint density at radius 1 is 0.522 bits per heavy atom. The van der Waals surface area contributed by atoms with E-state index in [2.05, 4.69) is 4.18 Å². The highest BCUT2D eigenvalue weighted by Gasteiger charge is 2.48. The molecule has 0 unspecified atom stereocenters. The molecule has 2 N–H and O–H groups in total. The number of aryl methyl sites for hydroxylation is 2. The van der Waals surface area contributed by atoms with Crippen LogP contribution in [0.3, 0.4) is 0 Å². The van der Waals surface area contributed by atoms with Crippen molar-refractivity contribution >= 4 is 55.4 Å². The SMILES string of the molecule is COCOc1ccc(CN)cc1.COCOc1ccc(N(C)c2ccc3c(-c4ccc(C(=O)OC(C)(C)C)cc4C)c4ccc(=O)cc-4oc3c2)cc1.Cc1cc(C(=O)OC(C)(C)C)ccc1-c1c2ccc(=O)cc-2oc2cc(OS(=O)(=O)C(F)(F)F)ccc12. The number of hydrogen-bond donors (Lipinski definition) is 1. The minimum Gasteiger partial charge on any atom is -0.468 e. The number of methoxy groups -OCH3 is 2. The molecule has 21 heteroatoms. The van der Waals surface area contributed by atoms with E-state index in [9.17, 15) is 40.8 Å². The van der Waals surface area contributed by atoms with Crippen molar-refractivity contribution in [2.45, 2.75) is 78.6 Å². The Morgan fingerprint density at radius 2 is 0.933 bits per heavy atom. The van der Waals surface area contributed by atoms with Crippen LogP contribution < -0.4 is 35.1 Å². The summed E-state index contributed by atoms with van der Waals surface area (Å²) in [6.45, 7) is 15.6. The van der Waals surface area contributed by atoms with Crippen LogP contribution in [0.4, 0.5) is 24.5 Å². The fourth-order valence-corrected chi connectivity index (χ4v) is 9.88. The van der Waals surface area contributed by atoms with Crippen molar-refractivity contribution in [2.24, 2.45) is 5.73 Å². The smallest absolute Gasteiger partial charge is 0.468 e. The van der Waals surface area contributed by atoms with Gasteiger partial charge in [0.25, 0.3) is 0 Å². The van der Waals surface area contributed by atoms with Crippen molar-refractivity contribution in [2.75, 3.05) is 39.8 Å². The Morgan fingerprint density at radius 3 is 1.36 bits per heavy atom. The van der Waals surface area contributed by atoms with Crippen molar-refractivity contribution in [3.63, 3.8) is 0 Å². The highest BCUT2D eigenvalue weighted by atomic mass is 32.2. The van der Waals surface area contributed by atoms with Crippen LogP contribution in [0.2, 0.25) is 0 Å². The second-order valence-electron chi connectivity index (χ2n) is 22.7. The maximum absolute atomic E-state index is 12.8. The number of ether oxygens (including phenoxy) is 6. The molecule has 2 aliphatic carbocycles. The summed E-state index contributed by atoms with van der Waals surface area (Å²) >= 11 is 0. The highest BCUT2D eigenvalue weighted by Crippen LogP contribution is 2.45. The van der Waals surface area contributed by atoms with Crippen molar-refractivity contribution in [3.8, 4) is 62.1 Å². The zero-order valence-corrected chi connectivity index (χ0v) is 52.1. The van der Waals surface area contributed by atoms with Crippen LogP contribution >= 0.6 is 0 Å². The van der Waals surface area contributed by atoms with E-state index in [1.807, 2.05) is 119 Å². The first-order valence-electron chi connectivity index (χ1n) is 28.0. The van der Waals surface area contributed by atoms with Gasteiger partial charge in [-0.1, -0.05) is 24.3 Å². The minimum atomic E-state index is -5.90. The van der Waals surface area contributed by atoms with E-state index in [-0.39, 0.29) is 41.8 Å². The second kappa shape index (κ2) is 27.5. The third-order valence-corrected chi connectivity index (χ3v) is 14.5. The summed E-state index contributed by atoms with van der Waals surface area (Å²) in [4.78, 5) is 51.6. The molecule has 4 aliphatic rings. The van der Waals surface area contributed by atoms with Gasteiger partial charge in [-0.2, -0.15) is 21.6 Å². The molecule has 0 spiro atoms. The van der Waals surface area contributed by atoms with E-state index in [1.54, 1.807) is 84.4 Å². The van der Waals surface area contributed by atoms with Gasteiger partial charge in [0.05, 0.1) is 11.1 Å². The molecule has 10 rings (SSSR count). The summed E-state index contributed by atoms with van der Waals surface area (Å²) in [5.74, 6) is 0.644. The molecular weight excluding hydrogens is 1190 g/mol. The number of nitrogens with zero attached hydrogens (tertiary/aromatic N) is 1. The molecule has 2 heterocycles. The van der Waals surface area contributed by atoms with Gasteiger partial charge in [0.2, 0.25) is 0 Å². The molecule has 0 amide bonds. The largest absolute Gasteiger partial charge is 0.534 e. The van der Waals surface area contributed by atoms with Gasteiger partial charge in [-0.3, -0.25) is 9.59 Å². The molecule has 0 atom stereocenters. The average Bonchev–Trinajstić information content (AvgIpc) is 0.761. The number of alkyl halides is 3. The molecule has 0 aromatic heterocycles. The first-order chi connectivity index (χ1) is 42.5. The third kappa shape index (κ3) is 16.2. The minimum absolute atomic E-state index is 0.0152. The lowest BCUT2D eigenvalue weighted by atomic mass is 9.90. The lowest BCUT2D eigenvalue weighted by Crippen LogP contribution is -2.28. The Bertz CT molecular complexity index is 4400. The molecule has 6 aromatic rings. The van der Waals surface area contributed by atoms with E-state index in [0.717, 1.165) is 68.2 Å². The van der Waals surface area contributed by atoms with Crippen LogP contribution in [0.15, 0.2) is 176 Å². The number of nitrogens with two attached hydrogens (primary N) is 1. The molecular formula is C69H67F3N2O15S. The van der Waals surface area contributed by atoms with Crippen LogP contribution in [-0.2, 0) is 35.6 Å². The predicted molar refractivity (Wildman–Crippen MR) is 338 cm³/mol. The molecule has 6 aromatic carbocycles. The Hall–Kier alpha value is -9.54. The number of carbonyl (C=O) groups excluding carboxylic acids is 2. The molecule has 0 saturated heterocycles. The van der Waals surface area contributed by atoms with Gasteiger partial charge in [0, 0.05) is 96.5 Å². The fraction of sp³-hybridized carbons (Fsp3) is 0.246. The molecule has 0 saturated carbocycles. The Labute approximate surface area is 518 Å². The number of benzene rings is 8. The number of hydrogen-bond acceptors (Lipinski definition) is 17. The molecule has 90 heavy (non-hydrogen) atoms. The van der Waals surface area contributed by atoms with Gasteiger partial charge in [0.15, 0.2) is 24.4 Å². The quantitative estimate of drug-likeness (QED) is 0.0331. The molecule has 17 nitrogen and oxygen atoms in total. The van der Waals surface area contributed by atoms with Gasteiger partial charge in [-0.05, 0) is 192 Å². The fourth-order valence-electron chi connectivity index (χ4n) is 9.43. The van der Waals surface area contributed by atoms with Crippen molar-refractivity contribution < 1.29 is 72.6 Å². The van der Waals surface area contributed by atoms with Crippen LogP contribution in [0.1, 0.15) is 78.9 Å². The standard InChI is InChI=1S/C34H33NO6.C26H21F3O7S.C9H13NO2/c1-21-17-22(33(37)41-34(2,3)4)7-14-27(21)32-28-15-10-24(18-30(28)40-31-19-25(36)11-16-29(31)32)35(5)23-8-12-26(13-9-23)39-20-38-6;1-14-11-15(24(31)35-25(2,3)4)5-8-18(14)23-19-9-6-16(30)12-21(19)34-22-13-17(7-10-20(22)23)36-37(32,33)26(27,28)29;1-11-7-12-9-4-2-8(6-10)3-5-9/h7-19H,20H2,1-6H3;5-13H,1-4H3;2-5H,6-7,10H2,1H3. The molecule has 0 bridgehead atoms. The normalized spacial score (nSPS) is 11.8. The highest BCUT2D eigenvalue weighted by molar-refractivity contribution is 7.88. The Balaban J connectivity index is 0.000000197. The van der Waals surface area contributed by atoms with Crippen LogP contribution in [0.5, 0.6) is 17.2 Å². The van der Waals surface area contributed by atoms with E-state index in [0.29, 0.717) is 56.7 Å². The Kier molecular flexibility index (Phi) is 20.3. The maximum atomic E-state index is 12.8. The molecule has 470 valence electrons. The van der Waals surface area contributed by atoms with Gasteiger partial charge in [-0.15, -0.1) is 0 Å². The number of fused-ring (bicyclic) bond motifs is 4. The first kappa shape index (κ1) is 66.4. The predicted octanol–water partition coefficient (Wildman–Crippen LogP) is 14.8. The van der Waals surface area contributed by atoms with Crippen molar-refractivity contribution in [3.05, 3.63) is 206 Å². The first-order valence-corrected chi connectivity index (χ1v) is 29.4. The summed E-state index contributed by atoms with van der Waals surface area (Å²) in [6.07, 6.45) is 0. The van der Waals surface area contributed by atoms with Crippen LogP contribution in [0, 0.1) is 13.8 Å². The van der Waals surface area contributed by atoms with Crippen molar-refractivity contribution in [1.29, 1.82) is 0 Å². The molecule has 0 fully saturated rings. The molecule has 0 radical (unpaired) electrons. The zero-order chi connectivity index (χ0) is 65.5. The van der Waals surface area contributed by atoms with Crippen LogP contribution in [0.25, 0.3) is 66.8 Å². The van der Waals surface area contributed by atoms with Gasteiger partial charge in [0.1, 0.15) is 51.1 Å². The summed E-state index contributed by atoms with van der Waals surface area (Å²) in [5.41, 5.74) is 8.45. The monoisotopic (exact) mass is 1250 g/mol. The number of rotatable bonds is 15. The molecule has 2 aliphatic heterocycles. The number of carbonyl (C=O) groups is 2. The summed E-state index contributed by atoms with van der Waals surface area (Å²) < 4.78 is 109. The average molecular weight is 1250 g/mol. The summed E-state index contributed by atoms with van der Waals surface area (Å²) in [5, 5.41) is 1.31. The lowest BCUT2D eigenvalue weighted by molar-refractivity contribution is -0.0500. The topological polar surface area (TPSA) is 223 Å². The van der Waals surface area contributed by atoms with E-state index < -0.39 is 38.5 Å². The van der Waals surface area contributed by atoms with Gasteiger partial charge >= 0.3 is 27.6 Å². The van der Waals surface area contributed by atoms with E-state index in [4.69, 9.17) is 43.0 Å². The van der Waals surface area contributed by atoms with E-state index in [1.165, 1.54) is 24.3 Å². The summed E-state index contributed by atoms with van der Waals surface area (Å²) in [7, 11) is -0.749. The number of esters is 2. The second-order valence-corrected chi connectivity index (χ2v) is 24.2. The van der Waals surface area contributed by atoms with Gasteiger partial charge in [-0.25, -0.2) is 9.59 Å².